The topological polar surface area (TPSA) is 0 Å². The minimum Gasteiger partial charge on any atom is -0.0695 e. The Morgan fingerprint density at radius 3 is 1.50 bits per heavy atom. The van der Waals surface area contributed by atoms with Crippen LogP contribution in [0.5, 0.6) is 0 Å². The molecule has 1 radical (unpaired) electrons. The second-order valence-electron chi connectivity index (χ2n) is 3.31. The molecule has 0 amide bonds. The van der Waals surface area contributed by atoms with E-state index in [-0.39, 0.29) is 29.6 Å². The van der Waals surface area contributed by atoms with E-state index in [0.717, 1.165) is 0 Å². The van der Waals surface area contributed by atoms with E-state index in [4.69, 9.17) is 0 Å². The fourth-order valence-corrected chi connectivity index (χ4v) is 2.25. The average Bonchev–Trinajstić information content (AvgIpc) is 1.30. The van der Waals surface area contributed by atoms with Crippen LogP contribution in [-0.4, -0.2) is 37.6 Å². The molecule has 0 heterocycles. The molecule has 0 atom stereocenters. The van der Waals surface area contributed by atoms with E-state index in [1.807, 2.05) is 0 Å². The molecule has 2 heteroatoms. The summed E-state index contributed by atoms with van der Waals surface area (Å²) in [6, 6.07) is 1.48. The van der Waals surface area contributed by atoms with Gasteiger partial charge < -0.3 is 0 Å². The second kappa shape index (κ2) is 5.04. The first-order chi connectivity index (χ1) is 3.06. The van der Waals surface area contributed by atoms with E-state index >= 15 is 0 Å². The Morgan fingerprint density at radius 1 is 1.12 bits per heavy atom. The molecular weight excluding hydrogens is 123 g/mol. The summed E-state index contributed by atoms with van der Waals surface area (Å²) in [6.07, 6.45) is 1.37. The standard InChI is InChI=1S/C6H16Si.Na/c1-5-6-7(2,3)4;/h5-6H2,1-4H3;. The molecule has 0 aliphatic carbocycles. The second-order valence-corrected chi connectivity index (χ2v) is 8.93. The van der Waals surface area contributed by atoms with E-state index in [1.54, 1.807) is 0 Å². The molecule has 0 bridgehead atoms. The van der Waals surface area contributed by atoms with Crippen molar-refractivity contribution in [3.05, 3.63) is 0 Å². The van der Waals surface area contributed by atoms with E-state index in [9.17, 15) is 0 Å². The number of hydrogen-bond donors (Lipinski definition) is 0. The van der Waals surface area contributed by atoms with Gasteiger partial charge in [0, 0.05) is 37.6 Å². The molecule has 45 valence electrons. The Kier molecular flexibility index (Phi) is 7.52. The van der Waals surface area contributed by atoms with Crippen LogP contribution in [0.15, 0.2) is 0 Å². The minimum absolute atomic E-state index is 0. The zero-order valence-electron chi connectivity index (χ0n) is 6.91. The summed E-state index contributed by atoms with van der Waals surface area (Å²) >= 11 is 0. The molecule has 0 spiro atoms. The summed E-state index contributed by atoms with van der Waals surface area (Å²) in [5.74, 6) is 0. The van der Waals surface area contributed by atoms with Crippen LogP contribution >= 0.6 is 0 Å². The molecule has 0 saturated carbocycles. The predicted octanol–water partition coefficient (Wildman–Crippen LogP) is 2.35. The fourth-order valence-electron chi connectivity index (χ4n) is 0.750. The van der Waals surface area contributed by atoms with Crippen molar-refractivity contribution in [2.24, 2.45) is 0 Å². The van der Waals surface area contributed by atoms with Crippen LogP contribution in [0.3, 0.4) is 0 Å². The van der Waals surface area contributed by atoms with Gasteiger partial charge >= 0.3 is 0 Å². The Hall–Kier alpha value is 1.22. The maximum Gasteiger partial charge on any atom is 0.0442 e. The van der Waals surface area contributed by atoms with Gasteiger partial charge in [-0.3, -0.25) is 0 Å². The van der Waals surface area contributed by atoms with Gasteiger partial charge in [-0.15, -0.1) is 0 Å². The van der Waals surface area contributed by atoms with Crippen molar-refractivity contribution in [1.29, 1.82) is 0 Å². The third-order valence-electron chi connectivity index (χ3n) is 1.000. The van der Waals surface area contributed by atoms with Crippen molar-refractivity contribution in [1.82, 2.24) is 0 Å². The molecule has 0 rings (SSSR count). The largest absolute Gasteiger partial charge is 0.0695 e. The summed E-state index contributed by atoms with van der Waals surface area (Å²) < 4.78 is 0. The van der Waals surface area contributed by atoms with Crippen LogP contribution in [0.25, 0.3) is 0 Å². The fraction of sp³-hybridized carbons (Fsp3) is 1.00. The first-order valence-electron chi connectivity index (χ1n) is 3.06. The molecule has 0 saturated heterocycles. The van der Waals surface area contributed by atoms with Gasteiger partial charge in [0.05, 0.1) is 0 Å². The van der Waals surface area contributed by atoms with Crippen molar-refractivity contribution >= 4 is 37.6 Å². The molecule has 0 aromatic rings. The van der Waals surface area contributed by atoms with Crippen LogP contribution in [0, 0.1) is 0 Å². The maximum absolute atomic E-state index is 2.41. The summed E-state index contributed by atoms with van der Waals surface area (Å²) in [7, 11) is -0.657. The summed E-state index contributed by atoms with van der Waals surface area (Å²) in [5.41, 5.74) is 0. The van der Waals surface area contributed by atoms with E-state index in [0.29, 0.717) is 0 Å². The Bertz CT molecular complexity index is 47.0. The SMILES string of the molecule is CCC[Si](C)(C)C.[Na]. The average molecular weight is 139 g/mol. The predicted molar refractivity (Wildman–Crippen MR) is 44.2 cm³/mol. The van der Waals surface area contributed by atoms with E-state index in [2.05, 4.69) is 26.6 Å². The third-order valence-corrected chi connectivity index (χ3v) is 3.00. The van der Waals surface area contributed by atoms with Gasteiger partial charge in [-0.25, -0.2) is 0 Å². The number of hydrogen-bond acceptors (Lipinski definition) is 0. The van der Waals surface area contributed by atoms with Crippen molar-refractivity contribution in [3.63, 3.8) is 0 Å². The maximum atomic E-state index is 2.41. The van der Waals surface area contributed by atoms with Gasteiger partial charge in [0.25, 0.3) is 0 Å². The Morgan fingerprint density at radius 2 is 1.50 bits per heavy atom. The van der Waals surface area contributed by atoms with Gasteiger partial charge in [0.2, 0.25) is 0 Å². The Labute approximate surface area is 76.4 Å². The molecule has 0 unspecified atom stereocenters. The quantitative estimate of drug-likeness (QED) is 0.515. The molecule has 0 aromatic carbocycles. The zero-order valence-corrected chi connectivity index (χ0v) is 9.91. The van der Waals surface area contributed by atoms with Crippen LogP contribution in [0.2, 0.25) is 25.7 Å². The van der Waals surface area contributed by atoms with Gasteiger partial charge in [0.1, 0.15) is 0 Å². The van der Waals surface area contributed by atoms with Gasteiger partial charge in [0.15, 0.2) is 0 Å². The molecule has 0 aromatic heterocycles. The summed E-state index contributed by atoms with van der Waals surface area (Å²) in [5, 5.41) is 0. The van der Waals surface area contributed by atoms with Gasteiger partial charge in [-0.05, 0) is 0 Å². The van der Waals surface area contributed by atoms with Gasteiger partial charge in [-0.2, -0.15) is 0 Å². The van der Waals surface area contributed by atoms with Crippen LogP contribution in [-0.2, 0) is 0 Å². The van der Waals surface area contributed by atoms with Crippen molar-refractivity contribution in [2.45, 2.75) is 39.0 Å². The Balaban J connectivity index is 0. The first kappa shape index (κ1) is 11.9. The van der Waals surface area contributed by atoms with Crippen LogP contribution in [0.4, 0.5) is 0 Å². The molecule has 0 aliphatic rings. The summed E-state index contributed by atoms with van der Waals surface area (Å²) in [4.78, 5) is 0. The molecule has 0 nitrogen and oxygen atoms in total. The third kappa shape index (κ3) is 10.2. The van der Waals surface area contributed by atoms with E-state index < -0.39 is 8.07 Å². The zero-order chi connectivity index (χ0) is 5.91. The first-order valence-corrected chi connectivity index (χ1v) is 6.77. The monoisotopic (exact) mass is 139 g/mol. The molecule has 8 heavy (non-hydrogen) atoms. The molecule has 0 N–H and O–H groups in total. The van der Waals surface area contributed by atoms with Crippen LogP contribution in [0.1, 0.15) is 13.3 Å². The molecule has 0 aliphatic heterocycles. The minimum atomic E-state index is -0.657. The smallest absolute Gasteiger partial charge is 0.0442 e. The molecular formula is C6H16NaSi. The summed E-state index contributed by atoms with van der Waals surface area (Å²) in [6.45, 7) is 9.50. The van der Waals surface area contributed by atoms with Gasteiger partial charge in [-0.1, -0.05) is 39.0 Å². The van der Waals surface area contributed by atoms with Crippen molar-refractivity contribution in [3.8, 4) is 0 Å². The van der Waals surface area contributed by atoms with Crippen LogP contribution < -0.4 is 0 Å². The van der Waals surface area contributed by atoms with E-state index in [1.165, 1.54) is 12.5 Å². The van der Waals surface area contributed by atoms with Crippen molar-refractivity contribution in [2.75, 3.05) is 0 Å². The molecule has 0 fully saturated rings. The van der Waals surface area contributed by atoms with Crippen molar-refractivity contribution < 1.29 is 0 Å². The number of rotatable bonds is 2. The normalized spacial score (nSPS) is 10.5.